The molecule has 17 heavy (non-hydrogen) atoms. The van der Waals surface area contributed by atoms with E-state index < -0.39 is 0 Å². The maximum Gasteiger partial charge on any atom is 0.302 e. The van der Waals surface area contributed by atoms with Crippen molar-refractivity contribution in [2.75, 3.05) is 20.7 Å². The second-order valence-electron chi connectivity index (χ2n) is 3.95. The lowest BCUT2D eigenvalue weighted by molar-refractivity contribution is -0.145. The van der Waals surface area contributed by atoms with Crippen LogP contribution in [-0.2, 0) is 14.3 Å². The Morgan fingerprint density at radius 3 is 3.00 bits per heavy atom. The van der Waals surface area contributed by atoms with Gasteiger partial charge >= 0.3 is 5.97 Å². The first-order valence-electron chi connectivity index (χ1n) is 5.28. The SMILES string of the molecule is CC(=O)OC[C@H]1[C][C]C2N=C(N(C)C)SC2O1. The number of esters is 1. The van der Waals surface area contributed by atoms with Gasteiger partial charge in [0.1, 0.15) is 18.1 Å². The van der Waals surface area contributed by atoms with Crippen molar-refractivity contribution in [2.24, 2.45) is 4.99 Å². The van der Waals surface area contributed by atoms with Gasteiger partial charge in [-0.15, -0.1) is 0 Å². The molecular formula is C11H14N2O3S. The van der Waals surface area contributed by atoms with Gasteiger partial charge in [0.05, 0.1) is 6.04 Å². The van der Waals surface area contributed by atoms with E-state index in [1.54, 1.807) is 11.8 Å². The van der Waals surface area contributed by atoms with Crippen LogP contribution in [0.3, 0.4) is 0 Å². The van der Waals surface area contributed by atoms with E-state index in [4.69, 9.17) is 9.47 Å². The predicted octanol–water partition coefficient (Wildman–Crippen LogP) is 0.470. The Morgan fingerprint density at radius 2 is 2.35 bits per heavy atom. The highest BCUT2D eigenvalue weighted by molar-refractivity contribution is 8.14. The van der Waals surface area contributed by atoms with Gasteiger partial charge in [-0.2, -0.15) is 0 Å². The topological polar surface area (TPSA) is 51.1 Å². The number of hydrogen-bond donors (Lipinski definition) is 0. The number of carbonyl (C=O) groups excluding carboxylic acids is 1. The molecule has 5 nitrogen and oxygen atoms in total. The predicted molar refractivity (Wildman–Crippen MR) is 64.3 cm³/mol. The Hall–Kier alpha value is -0.750. The minimum absolute atomic E-state index is 0.0887. The van der Waals surface area contributed by atoms with Gasteiger partial charge in [0.15, 0.2) is 5.17 Å². The van der Waals surface area contributed by atoms with Crippen LogP contribution in [0.15, 0.2) is 4.99 Å². The van der Waals surface area contributed by atoms with Crippen LogP contribution in [0, 0.1) is 12.8 Å². The molecule has 0 amide bonds. The average Bonchev–Trinajstić information content (AvgIpc) is 2.69. The van der Waals surface area contributed by atoms with Gasteiger partial charge in [-0.1, -0.05) is 11.8 Å². The zero-order chi connectivity index (χ0) is 12.4. The first-order valence-corrected chi connectivity index (χ1v) is 6.16. The Balaban J connectivity index is 1.84. The lowest BCUT2D eigenvalue weighted by Crippen LogP contribution is -2.37. The Bertz CT molecular complexity index is 333. The monoisotopic (exact) mass is 254 g/mol. The fraction of sp³-hybridized carbons (Fsp3) is 0.636. The molecule has 2 aliphatic heterocycles. The summed E-state index contributed by atoms with van der Waals surface area (Å²) in [6.45, 7) is 1.56. The van der Waals surface area contributed by atoms with Gasteiger partial charge in [0, 0.05) is 33.9 Å². The van der Waals surface area contributed by atoms with Crippen molar-refractivity contribution in [3.63, 3.8) is 0 Å². The van der Waals surface area contributed by atoms with Gasteiger partial charge in [-0.25, -0.2) is 0 Å². The smallest absolute Gasteiger partial charge is 0.302 e. The molecule has 0 aromatic heterocycles. The van der Waals surface area contributed by atoms with E-state index in [1.807, 2.05) is 19.0 Å². The summed E-state index contributed by atoms with van der Waals surface area (Å²) in [5.74, 6) is -0.318. The number of nitrogens with zero attached hydrogens (tertiary/aromatic N) is 2. The van der Waals surface area contributed by atoms with Crippen LogP contribution in [0.5, 0.6) is 0 Å². The Kier molecular flexibility index (Phi) is 3.93. The molecule has 0 bridgehead atoms. The molecule has 92 valence electrons. The molecule has 2 rings (SSSR count). The molecule has 6 heteroatoms. The third kappa shape index (κ3) is 3.13. The van der Waals surface area contributed by atoms with Crippen LogP contribution >= 0.6 is 11.8 Å². The minimum Gasteiger partial charge on any atom is -0.463 e. The number of ether oxygens (including phenoxy) is 2. The van der Waals surface area contributed by atoms with Gasteiger partial charge in [0.25, 0.3) is 0 Å². The van der Waals surface area contributed by atoms with Gasteiger partial charge in [-0.3, -0.25) is 9.79 Å². The largest absolute Gasteiger partial charge is 0.463 e. The summed E-state index contributed by atoms with van der Waals surface area (Å²) in [6.07, 6.45) is 5.61. The molecule has 0 aromatic carbocycles. The number of rotatable bonds is 2. The van der Waals surface area contributed by atoms with Crippen LogP contribution in [0.2, 0.25) is 0 Å². The number of hydrogen-bond acceptors (Lipinski definition) is 6. The highest BCUT2D eigenvalue weighted by Gasteiger charge is 2.38. The molecule has 3 atom stereocenters. The highest BCUT2D eigenvalue weighted by Crippen LogP contribution is 2.35. The molecule has 0 N–H and O–H groups in total. The molecule has 1 fully saturated rings. The molecule has 2 heterocycles. The molecule has 0 aliphatic carbocycles. The number of fused-ring (bicyclic) bond motifs is 1. The van der Waals surface area contributed by atoms with Crippen molar-refractivity contribution in [3.8, 4) is 0 Å². The highest BCUT2D eigenvalue weighted by atomic mass is 32.2. The van der Waals surface area contributed by atoms with Gasteiger partial charge in [-0.05, 0) is 0 Å². The summed E-state index contributed by atoms with van der Waals surface area (Å²) < 4.78 is 10.6. The summed E-state index contributed by atoms with van der Waals surface area (Å²) in [4.78, 5) is 17.1. The Labute approximate surface area is 106 Å². The van der Waals surface area contributed by atoms with Crippen molar-refractivity contribution in [1.82, 2.24) is 4.90 Å². The van der Waals surface area contributed by atoms with Crippen LogP contribution in [0.25, 0.3) is 0 Å². The van der Waals surface area contributed by atoms with Crippen molar-refractivity contribution >= 4 is 22.9 Å². The van der Waals surface area contributed by atoms with Crippen LogP contribution in [0.1, 0.15) is 6.92 Å². The molecular weight excluding hydrogens is 240 g/mol. The second kappa shape index (κ2) is 5.27. The van der Waals surface area contributed by atoms with Crippen molar-refractivity contribution in [1.29, 1.82) is 0 Å². The zero-order valence-corrected chi connectivity index (χ0v) is 10.8. The molecule has 4 radical (unpaired) electrons. The summed E-state index contributed by atoms with van der Waals surface area (Å²) in [5, 5.41) is 0.919. The third-order valence-corrected chi connectivity index (χ3v) is 3.52. The molecule has 0 aromatic rings. The molecule has 0 spiro atoms. The van der Waals surface area contributed by atoms with E-state index in [2.05, 4.69) is 17.8 Å². The lowest BCUT2D eigenvalue weighted by atomic mass is 10.1. The van der Waals surface area contributed by atoms with E-state index in [1.165, 1.54) is 6.92 Å². The molecule has 2 aliphatic rings. The van der Waals surface area contributed by atoms with E-state index in [0.29, 0.717) is 0 Å². The number of thioether (sulfide) groups is 1. The first-order chi connectivity index (χ1) is 8.06. The maximum absolute atomic E-state index is 10.7. The maximum atomic E-state index is 10.7. The zero-order valence-electron chi connectivity index (χ0n) is 9.97. The third-order valence-electron chi connectivity index (χ3n) is 2.24. The standard InChI is InChI=1S/C11H14N2O3S/c1-7(14)15-6-8-4-5-9-10(16-8)17-11(12-9)13(2)3/h8-10H,6H2,1-3H3/t8-,9?,10?/m1/s1. The minimum atomic E-state index is -0.343. The summed E-state index contributed by atoms with van der Waals surface area (Å²) >= 11 is 1.55. The summed E-state index contributed by atoms with van der Waals surface area (Å²) in [6, 6.07) is -0.106. The molecule has 0 saturated carbocycles. The lowest BCUT2D eigenvalue weighted by Gasteiger charge is -2.28. The number of aliphatic imine (C=N–C) groups is 1. The second-order valence-corrected chi connectivity index (χ2v) is 5.02. The van der Waals surface area contributed by atoms with E-state index in [-0.39, 0.29) is 30.2 Å². The number of carbonyl (C=O) groups is 1. The van der Waals surface area contributed by atoms with Gasteiger partial charge in [0.2, 0.25) is 0 Å². The van der Waals surface area contributed by atoms with Crippen molar-refractivity contribution in [3.05, 3.63) is 12.8 Å². The quantitative estimate of drug-likeness (QED) is 0.670. The summed E-state index contributed by atoms with van der Waals surface area (Å²) in [5.41, 5.74) is -0.0887. The van der Waals surface area contributed by atoms with Crippen molar-refractivity contribution in [2.45, 2.75) is 24.5 Å². The Morgan fingerprint density at radius 1 is 1.59 bits per heavy atom. The first kappa shape index (κ1) is 12.7. The number of amidine groups is 1. The van der Waals surface area contributed by atoms with Gasteiger partial charge < -0.3 is 14.4 Å². The normalized spacial score (nSPS) is 31.7. The van der Waals surface area contributed by atoms with Crippen LogP contribution in [0.4, 0.5) is 0 Å². The molecule has 1 saturated heterocycles. The fourth-order valence-corrected chi connectivity index (χ4v) is 2.49. The van der Waals surface area contributed by atoms with Crippen molar-refractivity contribution < 1.29 is 14.3 Å². The average molecular weight is 254 g/mol. The van der Waals surface area contributed by atoms with E-state index >= 15 is 0 Å². The molecule has 2 unspecified atom stereocenters. The fourth-order valence-electron chi connectivity index (χ4n) is 1.45. The van der Waals surface area contributed by atoms with E-state index in [0.717, 1.165) is 5.17 Å². The summed E-state index contributed by atoms with van der Waals surface area (Å²) in [7, 11) is 3.87. The van der Waals surface area contributed by atoms with Crippen LogP contribution < -0.4 is 0 Å². The van der Waals surface area contributed by atoms with Crippen LogP contribution in [-0.4, -0.2) is 54.3 Å². The van der Waals surface area contributed by atoms with E-state index in [9.17, 15) is 4.79 Å².